The number of halogens is 2. The molecule has 3 atom stereocenters. The molecule has 3 unspecified atom stereocenters. The Morgan fingerprint density at radius 3 is 2.61 bits per heavy atom. The van der Waals surface area contributed by atoms with Gasteiger partial charge in [-0.05, 0) is 36.8 Å². The van der Waals surface area contributed by atoms with Crippen LogP contribution in [0.25, 0.3) is 16.8 Å². The summed E-state index contributed by atoms with van der Waals surface area (Å²) in [5.41, 5.74) is 3.55. The van der Waals surface area contributed by atoms with E-state index in [-0.39, 0.29) is 23.5 Å². The lowest BCUT2D eigenvalue weighted by Gasteiger charge is -2.38. The Labute approximate surface area is 211 Å². The first-order valence-electron chi connectivity index (χ1n) is 12.6. The van der Waals surface area contributed by atoms with Crippen molar-refractivity contribution in [2.75, 3.05) is 25.4 Å². The first kappa shape index (κ1) is 25.7. The van der Waals surface area contributed by atoms with Crippen LogP contribution in [-0.4, -0.2) is 71.1 Å². The second-order valence-corrected chi connectivity index (χ2v) is 19.4. The molecule has 0 amide bonds. The summed E-state index contributed by atoms with van der Waals surface area (Å²) in [6.45, 7) is 8.88. The summed E-state index contributed by atoms with van der Waals surface area (Å²) in [7, 11) is -4.84. The SMILES string of the molecule is CC1CC(CS(=O)(=O)N2CC(F)(F)C2)CC1c1cnc2cnc3c(ccn3COCC[Si](C)(C)C)n12. The molecule has 3 aromatic rings. The summed E-state index contributed by atoms with van der Waals surface area (Å²) < 4.78 is 62.7. The minimum absolute atomic E-state index is 0.0727. The molecule has 1 saturated heterocycles. The zero-order chi connectivity index (χ0) is 25.9. The molecule has 0 aromatic carbocycles. The van der Waals surface area contributed by atoms with Crippen molar-refractivity contribution in [2.45, 2.75) is 64.0 Å². The van der Waals surface area contributed by atoms with Gasteiger partial charge in [-0.3, -0.25) is 4.40 Å². The summed E-state index contributed by atoms with van der Waals surface area (Å²) in [6.07, 6.45) is 7.03. The third-order valence-corrected chi connectivity index (χ3v) is 11.2. The van der Waals surface area contributed by atoms with Gasteiger partial charge >= 0.3 is 0 Å². The standard InChI is InChI=1S/C24H35F2N5O3SSi/c1-17-9-18(13-35(32,33)30-14-24(25,26)15-30)10-19(17)21-11-27-22-12-28-23-20(31(21)22)5-6-29(23)16-34-7-8-36(2,3)4/h5-6,11-12,17-19H,7-10,13-16H2,1-4H3. The molecule has 198 valence electrons. The van der Waals surface area contributed by atoms with Crippen molar-refractivity contribution in [1.29, 1.82) is 0 Å². The van der Waals surface area contributed by atoms with E-state index in [1.165, 1.54) is 0 Å². The number of alkyl halides is 2. The summed E-state index contributed by atoms with van der Waals surface area (Å²) in [4.78, 5) is 9.21. The molecule has 1 saturated carbocycles. The first-order chi connectivity index (χ1) is 16.8. The molecule has 12 heteroatoms. The number of rotatable bonds is 9. The number of nitrogens with zero attached hydrogens (tertiary/aromatic N) is 5. The lowest BCUT2D eigenvalue weighted by molar-refractivity contribution is -0.0946. The predicted octanol–water partition coefficient (Wildman–Crippen LogP) is 4.41. The quantitative estimate of drug-likeness (QED) is 0.297. The Balaban J connectivity index is 1.33. The molecular formula is C24H35F2N5O3SSi. The van der Waals surface area contributed by atoms with Gasteiger partial charge in [0.25, 0.3) is 5.92 Å². The Kier molecular flexibility index (Phi) is 6.54. The number of sulfonamides is 1. The molecule has 8 nitrogen and oxygen atoms in total. The molecule has 0 bridgehead atoms. The van der Waals surface area contributed by atoms with E-state index in [2.05, 4.69) is 40.9 Å². The number of imidazole rings is 1. The van der Waals surface area contributed by atoms with Crippen LogP contribution < -0.4 is 0 Å². The van der Waals surface area contributed by atoms with Gasteiger partial charge in [0, 0.05) is 38.7 Å². The maximum absolute atomic E-state index is 13.2. The van der Waals surface area contributed by atoms with Gasteiger partial charge in [-0.25, -0.2) is 27.2 Å². The van der Waals surface area contributed by atoms with E-state index in [0.29, 0.717) is 13.2 Å². The summed E-state index contributed by atoms with van der Waals surface area (Å²) in [5.74, 6) is -2.68. The van der Waals surface area contributed by atoms with E-state index in [1.54, 1.807) is 6.20 Å². The minimum Gasteiger partial charge on any atom is -0.361 e. The van der Waals surface area contributed by atoms with Crippen LogP contribution in [0.3, 0.4) is 0 Å². The third-order valence-electron chi connectivity index (χ3n) is 7.51. The van der Waals surface area contributed by atoms with Crippen molar-refractivity contribution in [3.63, 3.8) is 0 Å². The molecule has 1 aliphatic heterocycles. The predicted molar refractivity (Wildman–Crippen MR) is 138 cm³/mol. The summed E-state index contributed by atoms with van der Waals surface area (Å²) in [6, 6.07) is 3.13. The van der Waals surface area contributed by atoms with Crippen LogP contribution in [0.15, 0.2) is 24.7 Å². The molecule has 5 rings (SSSR count). The Morgan fingerprint density at radius 1 is 1.17 bits per heavy atom. The van der Waals surface area contributed by atoms with Gasteiger partial charge in [-0.1, -0.05) is 26.6 Å². The Morgan fingerprint density at radius 2 is 1.92 bits per heavy atom. The molecule has 0 N–H and O–H groups in total. The van der Waals surface area contributed by atoms with E-state index >= 15 is 0 Å². The first-order valence-corrected chi connectivity index (χ1v) is 17.9. The number of hydrogen-bond donors (Lipinski definition) is 0. The fourth-order valence-corrected chi connectivity index (χ4v) is 8.13. The van der Waals surface area contributed by atoms with E-state index in [4.69, 9.17) is 4.74 Å². The molecule has 3 aromatic heterocycles. The maximum atomic E-state index is 13.2. The maximum Gasteiger partial charge on any atom is 0.275 e. The highest BCUT2D eigenvalue weighted by Gasteiger charge is 2.50. The highest BCUT2D eigenvalue weighted by atomic mass is 32.2. The van der Waals surface area contributed by atoms with Crippen LogP contribution in [0.1, 0.15) is 31.4 Å². The monoisotopic (exact) mass is 539 g/mol. The lowest BCUT2D eigenvalue weighted by Crippen LogP contribution is -2.59. The fraction of sp³-hybridized carbons (Fsp3) is 0.667. The number of ether oxygens (including phenoxy) is 1. The topological polar surface area (TPSA) is 81.7 Å². The van der Waals surface area contributed by atoms with Crippen LogP contribution >= 0.6 is 0 Å². The number of fused-ring (bicyclic) bond motifs is 3. The average molecular weight is 540 g/mol. The smallest absolute Gasteiger partial charge is 0.275 e. The second-order valence-electron chi connectivity index (χ2n) is 11.8. The van der Waals surface area contributed by atoms with Crippen molar-refractivity contribution in [1.82, 2.24) is 23.2 Å². The average Bonchev–Trinajstić information content (AvgIpc) is 3.44. The van der Waals surface area contributed by atoms with Crippen LogP contribution in [0, 0.1) is 11.8 Å². The van der Waals surface area contributed by atoms with Crippen molar-refractivity contribution in [3.8, 4) is 0 Å². The van der Waals surface area contributed by atoms with Crippen molar-refractivity contribution < 1.29 is 21.9 Å². The van der Waals surface area contributed by atoms with Gasteiger partial charge in [0.2, 0.25) is 10.0 Å². The largest absolute Gasteiger partial charge is 0.361 e. The molecule has 2 aliphatic rings. The van der Waals surface area contributed by atoms with Gasteiger partial charge in [0.05, 0.1) is 30.6 Å². The van der Waals surface area contributed by atoms with Gasteiger partial charge < -0.3 is 9.30 Å². The van der Waals surface area contributed by atoms with Crippen molar-refractivity contribution in [3.05, 3.63) is 30.4 Å². The van der Waals surface area contributed by atoms with Crippen LogP contribution in [0.2, 0.25) is 25.7 Å². The molecule has 0 radical (unpaired) electrons. The second kappa shape index (κ2) is 9.14. The summed E-state index contributed by atoms with van der Waals surface area (Å²) in [5, 5.41) is 0. The van der Waals surface area contributed by atoms with Gasteiger partial charge in [0.15, 0.2) is 11.3 Å². The molecule has 4 heterocycles. The zero-order valence-corrected chi connectivity index (χ0v) is 23.1. The minimum atomic E-state index is -3.68. The fourth-order valence-electron chi connectivity index (χ4n) is 5.52. The number of hydrogen-bond acceptors (Lipinski definition) is 5. The van der Waals surface area contributed by atoms with E-state index in [1.807, 2.05) is 23.0 Å². The lowest BCUT2D eigenvalue weighted by atomic mass is 9.95. The van der Waals surface area contributed by atoms with Crippen LogP contribution in [0.5, 0.6) is 0 Å². The zero-order valence-electron chi connectivity index (χ0n) is 21.3. The molecule has 36 heavy (non-hydrogen) atoms. The van der Waals surface area contributed by atoms with E-state index < -0.39 is 37.1 Å². The van der Waals surface area contributed by atoms with Gasteiger partial charge in [-0.2, -0.15) is 4.31 Å². The van der Waals surface area contributed by atoms with Gasteiger partial charge in [0.1, 0.15) is 6.73 Å². The molecule has 1 aliphatic carbocycles. The molecule has 2 fully saturated rings. The molecule has 0 spiro atoms. The Hall–Kier alpha value is -1.89. The van der Waals surface area contributed by atoms with Gasteiger partial charge in [-0.15, -0.1) is 0 Å². The van der Waals surface area contributed by atoms with Crippen molar-refractivity contribution >= 4 is 34.9 Å². The van der Waals surface area contributed by atoms with E-state index in [0.717, 1.165) is 45.9 Å². The van der Waals surface area contributed by atoms with Crippen molar-refractivity contribution in [2.24, 2.45) is 11.8 Å². The number of aromatic nitrogens is 4. The highest BCUT2D eigenvalue weighted by molar-refractivity contribution is 7.89. The third kappa shape index (κ3) is 5.09. The highest BCUT2D eigenvalue weighted by Crippen LogP contribution is 2.44. The van der Waals surface area contributed by atoms with Crippen LogP contribution in [0.4, 0.5) is 8.78 Å². The molecular weight excluding hydrogens is 504 g/mol. The Bertz CT molecular complexity index is 1360. The van der Waals surface area contributed by atoms with E-state index in [9.17, 15) is 17.2 Å². The summed E-state index contributed by atoms with van der Waals surface area (Å²) >= 11 is 0. The van der Waals surface area contributed by atoms with Crippen LogP contribution in [-0.2, 0) is 21.5 Å². The normalized spacial score (nSPS) is 25.1.